The number of carbonyl (C=O) groups is 3. The molecule has 0 spiro atoms. The van der Waals surface area contributed by atoms with E-state index >= 15 is 0 Å². The van der Waals surface area contributed by atoms with Gasteiger partial charge in [-0.05, 0) is 0 Å². The average Bonchev–Trinajstić information content (AvgIpc) is 2.39. The maximum Gasteiger partial charge on any atom is 0.337 e. The first-order valence-electron chi connectivity index (χ1n) is 5.27. The van der Waals surface area contributed by atoms with Crippen LogP contribution in [0.5, 0.6) is 0 Å². The van der Waals surface area contributed by atoms with Crippen molar-refractivity contribution in [3.8, 4) is 0 Å². The van der Waals surface area contributed by atoms with Gasteiger partial charge in [0.1, 0.15) is 5.92 Å². The molecule has 0 aromatic rings. The van der Waals surface area contributed by atoms with Crippen LogP contribution in [0.25, 0.3) is 0 Å². The third-order valence-electron chi connectivity index (χ3n) is 2.20. The zero-order valence-corrected chi connectivity index (χ0v) is 12.3. The minimum atomic E-state index is -4.07. The van der Waals surface area contributed by atoms with Crippen molar-refractivity contribution in [1.82, 2.24) is 0 Å². The molecule has 0 radical (unpaired) electrons. The molecular formula is C10H16O9S. The number of esters is 3. The summed E-state index contributed by atoms with van der Waals surface area (Å²) < 4.78 is 39.9. The van der Waals surface area contributed by atoms with Crippen molar-refractivity contribution < 1.29 is 41.2 Å². The average molecular weight is 312 g/mol. The van der Waals surface area contributed by atoms with Gasteiger partial charge in [0.15, 0.2) is 6.10 Å². The quantitative estimate of drug-likeness (QED) is 0.326. The molecule has 2 unspecified atom stereocenters. The molecule has 0 aromatic heterocycles. The SMILES string of the molecule is COC(=O)CC(C(=O)OC)C(OS(C)(=O)=O)C(=O)OC. The summed E-state index contributed by atoms with van der Waals surface area (Å²) in [6.07, 6.45) is -1.74. The standard InChI is InChI=1S/C10H16O9S/c1-16-7(11)5-6(9(12)17-2)8(10(13)18-3)19-20(4,14)15/h6,8H,5H2,1-4H3. The number of rotatable bonds is 7. The van der Waals surface area contributed by atoms with Crippen molar-refractivity contribution in [3.63, 3.8) is 0 Å². The maximum atomic E-state index is 11.6. The molecule has 0 rings (SSSR count). The van der Waals surface area contributed by atoms with Crippen LogP contribution in [-0.4, -0.2) is 60.0 Å². The summed E-state index contributed by atoms with van der Waals surface area (Å²) in [5, 5.41) is 0. The summed E-state index contributed by atoms with van der Waals surface area (Å²) >= 11 is 0. The summed E-state index contributed by atoms with van der Waals surface area (Å²) in [6.45, 7) is 0. The second kappa shape index (κ2) is 7.80. The van der Waals surface area contributed by atoms with Gasteiger partial charge in [0.25, 0.3) is 10.1 Å². The molecule has 9 nitrogen and oxygen atoms in total. The molecule has 0 aliphatic carbocycles. The summed E-state index contributed by atoms with van der Waals surface area (Å²) in [5.74, 6) is -4.48. The topological polar surface area (TPSA) is 122 Å². The minimum absolute atomic E-state index is 0.599. The van der Waals surface area contributed by atoms with E-state index in [1.165, 1.54) is 0 Å². The van der Waals surface area contributed by atoms with Crippen LogP contribution in [0.15, 0.2) is 0 Å². The highest BCUT2D eigenvalue weighted by Gasteiger charge is 2.40. The number of carbonyl (C=O) groups excluding carboxylic acids is 3. The van der Waals surface area contributed by atoms with E-state index in [9.17, 15) is 22.8 Å². The highest BCUT2D eigenvalue weighted by Crippen LogP contribution is 2.18. The van der Waals surface area contributed by atoms with Gasteiger partial charge in [-0.15, -0.1) is 0 Å². The highest BCUT2D eigenvalue weighted by molar-refractivity contribution is 7.86. The van der Waals surface area contributed by atoms with Gasteiger partial charge in [0.2, 0.25) is 0 Å². The van der Waals surface area contributed by atoms with E-state index in [-0.39, 0.29) is 0 Å². The largest absolute Gasteiger partial charge is 0.469 e. The molecule has 20 heavy (non-hydrogen) atoms. The summed E-state index contributed by atoms with van der Waals surface area (Å²) in [4.78, 5) is 34.4. The second-order valence-electron chi connectivity index (χ2n) is 3.65. The van der Waals surface area contributed by atoms with Crippen LogP contribution in [0.2, 0.25) is 0 Å². The lowest BCUT2D eigenvalue weighted by atomic mass is 9.99. The van der Waals surface area contributed by atoms with Gasteiger partial charge >= 0.3 is 17.9 Å². The first kappa shape index (κ1) is 18.3. The van der Waals surface area contributed by atoms with Crippen LogP contribution in [0.3, 0.4) is 0 Å². The third-order valence-corrected chi connectivity index (χ3v) is 2.75. The lowest BCUT2D eigenvalue weighted by Crippen LogP contribution is -2.41. The second-order valence-corrected chi connectivity index (χ2v) is 5.25. The molecule has 0 aliphatic rings. The van der Waals surface area contributed by atoms with E-state index in [4.69, 9.17) is 0 Å². The first-order chi connectivity index (χ1) is 9.16. The van der Waals surface area contributed by atoms with Gasteiger partial charge in [-0.2, -0.15) is 8.42 Å². The van der Waals surface area contributed by atoms with Crippen LogP contribution in [0, 0.1) is 5.92 Å². The Morgan fingerprint density at radius 2 is 1.45 bits per heavy atom. The van der Waals surface area contributed by atoms with Gasteiger partial charge in [0, 0.05) is 0 Å². The fourth-order valence-electron chi connectivity index (χ4n) is 1.30. The summed E-state index contributed by atoms with van der Waals surface area (Å²) in [6, 6.07) is 0. The molecular weight excluding hydrogens is 296 g/mol. The van der Waals surface area contributed by atoms with Crippen LogP contribution in [-0.2, 0) is 42.9 Å². The molecule has 0 heterocycles. The normalized spacial score (nSPS) is 14.0. The monoisotopic (exact) mass is 312 g/mol. The zero-order chi connectivity index (χ0) is 15.9. The lowest BCUT2D eigenvalue weighted by molar-refractivity contribution is -0.164. The molecule has 0 aromatic carbocycles. The highest BCUT2D eigenvalue weighted by atomic mass is 32.2. The number of ether oxygens (including phenoxy) is 3. The van der Waals surface area contributed by atoms with Gasteiger partial charge in [0.05, 0.1) is 34.0 Å². The molecule has 0 saturated carbocycles. The molecule has 0 N–H and O–H groups in total. The van der Waals surface area contributed by atoms with Crippen molar-refractivity contribution in [3.05, 3.63) is 0 Å². The van der Waals surface area contributed by atoms with Gasteiger partial charge in [-0.3, -0.25) is 13.8 Å². The number of hydrogen-bond donors (Lipinski definition) is 0. The first-order valence-corrected chi connectivity index (χ1v) is 7.08. The minimum Gasteiger partial charge on any atom is -0.469 e. The Morgan fingerprint density at radius 3 is 1.80 bits per heavy atom. The van der Waals surface area contributed by atoms with E-state index in [1.54, 1.807) is 0 Å². The van der Waals surface area contributed by atoms with E-state index in [1.807, 2.05) is 0 Å². The molecule has 0 aliphatic heterocycles. The number of methoxy groups -OCH3 is 3. The predicted molar refractivity (Wildman–Crippen MR) is 63.9 cm³/mol. The number of hydrogen-bond acceptors (Lipinski definition) is 9. The Kier molecular flexibility index (Phi) is 7.14. The van der Waals surface area contributed by atoms with Crippen LogP contribution < -0.4 is 0 Å². The Labute approximate surface area is 116 Å². The van der Waals surface area contributed by atoms with E-state index in [0.29, 0.717) is 6.26 Å². The van der Waals surface area contributed by atoms with Crippen LogP contribution >= 0.6 is 0 Å². The molecule has 0 saturated heterocycles. The van der Waals surface area contributed by atoms with Gasteiger partial charge < -0.3 is 14.2 Å². The predicted octanol–water partition coefficient (Wildman–Crippen LogP) is -1.14. The maximum absolute atomic E-state index is 11.6. The Bertz CT molecular complexity index is 467. The van der Waals surface area contributed by atoms with Crippen LogP contribution in [0.1, 0.15) is 6.42 Å². The molecule has 0 fully saturated rings. The van der Waals surface area contributed by atoms with E-state index in [0.717, 1.165) is 21.3 Å². The lowest BCUT2D eigenvalue weighted by Gasteiger charge is -2.21. The Morgan fingerprint density at radius 1 is 0.950 bits per heavy atom. The van der Waals surface area contributed by atoms with E-state index < -0.39 is 46.5 Å². The van der Waals surface area contributed by atoms with Gasteiger partial charge in [-0.25, -0.2) is 4.79 Å². The zero-order valence-electron chi connectivity index (χ0n) is 11.4. The van der Waals surface area contributed by atoms with Crippen molar-refractivity contribution >= 4 is 28.0 Å². The Balaban J connectivity index is 5.43. The fraction of sp³-hybridized carbons (Fsp3) is 0.700. The van der Waals surface area contributed by atoms with Crippen molar-refractivity contribution in [2.24, 2.45) is 5.92 Å². The molecule has 0 bridgehead atoms. The van der Waals surface area contributed by atoms with Gasteiger partial charge in [-0.1, -0.05) is 0 Å². The molecule has 2 atom stereocenters. The summed E-state index contributed by atoms with van der Waals surface area (Å²) in [7, 11) is -1.00. The molecule has 0 amide bonds. The van der Waals surface area contributed by atoms with Crippen LogP contribution in [0.4, 0.5) is 0 Å². The fourth-order valence-corrected chi connectivity index (χ4v) is 1.89. The molecule has 10 heteroatoms. The molecule has 116 valence electrons. The van der Waals surface area contributed by atoms with E-state index in [2.05, 4.69) is 18.4 Å². The summed E-state index contributed by atoms with van der Waals surface area (Å²) in [5.41, 5.74) is 0. The third kappa shape index (κ3) is 5.97. The Hall–Kier alpha value is -1.68. The smallest absolute Gasteiger partial charge is 0.337 e. The van der Waals surface area contributed by atoms with Crippen molar-refractivity contribution in [1.29, 1.82) is 0 Å². The van der Waals surface area contributed by atoms with Crippen molar-refractivity contribution in [2.75, 3.05) is 27.6 Å². The van der Waals surface area contributed by atoms with Crippen molar-refractivity contribution in [2.45, 2.75) is 12.5 Å².